The predicted molar refractivity (Wildman–Crippen MR) is 107 cm³/mol. The number of unbranched alkanes of at least 4 members (excludes halogenated alkanes) is 1. The maximum atomic E-state index is 14.8. The SMILES string of the molecule is CCCCC(=O)N(Cc1cc2ccccc2o1)c1cc(-c2nnn[nH]2)ccc1F. The highest BCUT2D eigenvalue weighted by atomic mass is 19.1. The molecule has 0 spiro atoms. The fourth-order valence-corrected chi connectivity index (χ4v) is 3.19. The monoisotopic (exact) mass is 393 g/mol. The summed E-state index contributed by atoms with van der Waals surface area (Å²) >= 11 is 0. The summed E-state index contributed by atoms with van der Waals surface area (Å²) in [6.07, 6.45) is 1.92. The highest BCUT2D eigenvalue weighted by Gasteiger charge is 2.22. The van der Waals surface area contributed by atoms with E-state index in [9.17, 15) is 9.18 Å². The van der Waals surface area contributed by atoms with Crippen LogP contribution in [-0.4, -0.2) is 26.5 Å². The van der Waals surface area contributed by atoms with Crippen LogP contribution >= 0.6 is 0 Å². The molecule has 0 aliphatic heterocycles. The number of amides is 1. The molecule has 0 aliphatic carbocycles. The molecule has 8 heteroatoms. The molecule has 2 aromatic carbocycles. The third-order valence-corrected chi connectivity index (χ3v) is 4.69. The average Bonchev–Trinajstić information content (AvgIpc) is 3.40. The number of benzene rings is 2. The van der Waals surface area contributed by atoms with Crippen LogP contribution in [0.25, 0.3) is 22.4 Å². The molecule has 2 aromatic heterocycles. The Kier molecular flexibility index (Phi) is 5.33. The van der Waals surface area contributed by atoms with Crippen molar-refractivity contribution in [2.45, 2.75) is 32.7 Å². The number of nitrogens with zero attached hydrogens (tertiary/aromatic N) is 4. The predicted octanol–water partition coefficient (Wildman–Crippen LogP) is 4.48. The molecular formula is C21H20FN5O2. The van der Waals surface area contributed by atoms with E-state index in [1.54, 1.807) is 12.1 Å². The number of hydrogen-bond acceptors (Lipinski definition) is 5. The quantitative estimate of drug-likeness (QED) is 0.500. The smallest absolute Gasteiger partial charge is 0.227 e. The van der Waals surface area contributed by atoms with Crippen molar-refractivity contribution in [2.75, 3.05) is 4.90 Å². The number of anilines is 1. The molecule has 148 valence electrons. The molecule has 29 heavy (non-hydrogen) atoms. The van der Waals surface area contributed by atoms with E-state index in [4.69, 9.17) is 4.42 Å². The Labute approximate surface area is 166 Å². The molecule has 4 rings (SSSR count). The lowest BCUT2D eigenvalue weighted by atomic mass is 10.1. The lowest BCUT2D eigenvalue weighted by Gasteiger charge is -2.23. The molecule has 0 atom stereocenters. The van der Waals surface area contributed by atoms with Gasteiger partial charge in [-0.1, -0.05) is 31.5 Å². The first-order valence-corrected chi connectivity index (χ1v) is 9.47. The molecule has 1 N–H and O–H groups in total. The van der Waals surface area contributed by atoms with Gasteiger partial charge in [0.2, 0.25) is 5.91 Å². The van der Waals surface area contributed by atoms with Crippen molar-refractivity contribution in [1.29, 1.82) is 0 Å². The summed E-state index contributed by atoms with van der Waals surface area (Å²) in [4.78, 5) is 14.4. The molecule has 0 saturated heterocycles. The maximum absolute atomic E-state index is 14.8. The van der Waals surface area contributed by atoms with Crippen molar-refractivity contribution >= 4 is 22.6 Å². The molecule has 7 nitrogen and oxygen atoms in total. The normalized spacial score (nSPS) is 11.1. The van der Waals surface area contributed by atoms with Crippen LogP contribution in [0.5, 0.6) is 0 Å². The van der Waals surface area contributed by atoms with Crippen LogP contribution in [-0.2, 0) is 11.3 Å². The zero-order valence-electron chi connectivity index (χ0n) is 15.9. The van der Waals surface area contributed by atoms with Crippen molar-refractivity contribution in [2.24, 2.45) is 0 Å². The van der Waals surface area contributed by atoms with Gasteiger partial charge in [0.05, 0.1) is 12.2 Å². The number of fused-ring (bicyclic) bond motifs is 1. The van der Waals surface area contributed by atoms with Crippen molar-refractivity contribution < 1.29 is 13.6 Å². The van der Waals surface area contributed by atoms with Gasteiger partial charge in [-0.3, -0.25) is 4.79 Å². The number of nitrogens with one attached hydrogen (secondary N) is 1. The molecule has 0 radical (unpaired) electrons. The van der Waals surface area contributed by atoms with Gasteiger partial charge < -0.3 is 9.32 Å². The number of furan rings is 1. The minimum Gasteiger partial charge on any atom is -0.459 e. The van der Waals surface area contributed by atoms with Gasteiger partial charge in [0.25, 0.3) is 0 Å². The first-order chi connectivity index (χ1) is 14.2. The fourth-order valence-electron chi connectivity index (χ4n) is 3.19. The van der Waals surface area contributed by atoms with E-state index >= 15 is 0 Å². The molecule has 0 unspecified atom stereocenters. The van der Waals surface area contributed by atoms with Crippen LogP contribution < -0.4 is 4.90 Å². The van der Waals surface area contributed by atoms with Crippen molar-refractivity contribution in [1.82, 2.24) is 20.6 Å². The number of carbonyl (C=O) groups is 1. The van der Waals surface area contributed by atoms with Crippen LogP contribution in [0.1, 0.15) is 31.9 Å². The summed E-state index contributed by atoms with van der Waals surface area (Å²) in [6, 6.07) is 13.9. The summed E-state index contributed by atoms with van der Waals surface area (Å²) in [7, 11) is 0. The van der Waals surface area contributed by atoms with Crippen molar-refractivity contribution in [3.63, 3.8) is 0 Å². The Morgan fingerprint density at radius 3 is 2.83 bits per heavy atom. The number of aromatic nitrogens is 4. The summed E-state index contributed by atoms with van der Waals surface area (Å²) in [5.41, 5.74) is 1.48. The largest absolute Gasteiger partial charge is 0.459 e. The number of hydrogen-bond donors (Lipinski definition) is 1. The van der Waals surface area contributed by atoms with E-state index in [2.05, 4.69) is 20.6 Å². The Morgan fingerprint density at radius 2 is 2.07 bits per heavy atom. The van der Waals surface area contributed by atoms with E-state index < -0.39 is 5.82 Å². The zero-order chi connectivity index (χ0) is 20.2. The number of tetrazole rings is 1. The summed E-state index contributed by atoms with van der Waals surface area (Å²) < 4.78 is 20.6. The molecule has 0 bridgehead atoms. The van der Waals surface area contributed by atoms with Crippen LogP contribution in [0.2, 0.25) is 0 Å². The molecule has 2 heterocycles. The van der Waals surface area contributed by atoms with Gasteiger partial charge in [0.15, 0.2) is 5.82 Å². The number of rotatable bonds is 7. The summed E-state index contributed by atoms with van der Waals surface area (Å²) in [5, 5.41) is 14.6. The van der Waals surface area contributed by atoms with E-state index in [-0.39, 0.29) is 18.1 Å². The second kappa shape index (κ2) is 8.22. The van der Waals surface area contributed by atoms with Crippen LogP contribution in [0.3, 0.4) is 0 Å². The Morgan fingerprint density at radius 1 is 1.21 bits per heavy atom. The number of H-pyrrole nitrogens is 1. The number of para-hydroxylation sites is 1. The van der Waals surface area contributed by atoms with Crippen molar-refractivity contribution in [3.8, 4) is 11.4 Å². The highest BCUT2D eigenvalue weighted by molar-refractivity contribution is 5.94. The minimum absolute atomic E-state index is 0.131. The highest BCUT2D eigenvalue weighted by Crippen LogP contribution is 2.29. The molecule has 1 amide bonds. The Balaban J connectivity index is 1.72. The molecule has 0 saturated carbocycles. The number of carbonyl (C=O) groups excluding carboxylic acids is 1. The Hall–Kier alpha value is -3.55. The molecular weight excluding hydrogens is 373 g/mol. The van der Waals surface area contributed by atoms with E-state index in [1.807, 2.05) is 37.3 Å². The van der Waals surface area contributed by atoms with Crippen LogP contribution in [0.4, 0.5) is 10.1 Å². The van der Waals surface area contributed by atoms with Gasteiger partial charge in [-0.25, -0.2) is 9.49 Å². The average molecular weight is 393 g/mol. The van der Waals surface area contributed by atoms with Gasteiger partial charge in [-0.2, -0.15) is 0 Å². The molecule has 0 aliphatic rings. The summed E-state index contributed by atoms with van der Waals surface area (Å²) in [6.45, 7) is 2.14. The molecule has 0 fully saturated rings. The lowest BCUT2D eigenvalue weighted by molar-refractivity contribution is -0.118. The standard InChI is InChI=1S/C21H20FN5O2/c1-2-3-8-20(28)27(13-16-11-14-6-4-5-7-19(14)29-16)18-12-15(9-10-17(18)22)21-23-25-26-24-21/h4-7,9-12H,2-3,8,13H2,1H3,(H,23,24,25,26). The number of aromatic amines is 1. The second-order valence-corrected chi connectivity index (χ2v) is 6.75. The maximum Gasteiger partial charge on any atom is 0.227 e. The Bertz CT molecular complexity index is 1090. The second-order valence-electron chi connectivity index (χ2n) is 6.75. The number of halogens is 1. The minimum atomic E-state index is -0.498. The van der Waals surface area contributed by atoms with Crippen LogP contribution in [0, 0.1) is 5.82 Å². The van der Waals surface area contributed by atoms with Gasteiger partial charge in [0.1, 0.15) is 17.2 Å². The van der Waals surface area contributed by atoms with Crippen molar-refractivity contribution in [3.05, 3.63) is 60.1 Å². The third kappa shape index (κ3) is 4.01. The van der Waals surface area contributed by atoms with Gasteiger partial charge in [-0.15, -0.1) is 5.10 Å². The van der Waals surface area contributed by atoms with Gasteiger partial charge >= 0.3 is 0 Å². The first kappa shape index (κ1) is 18.8. The zero-order valence-corrected chi connectivity index (χ0v) is 15.9. The lowest BCUT2D eigenvalue weighted by Crippen LogP contribution is -2.30. The molecule has 4 aromatic rings. The van der Waals surface area contributed by atoms with Gasteiger partial charge in [0, 0.05) is 17.4 Å². The summed E-state index contributed by atoms with van der Waals surface area (Å²) in [5.74, 6) is 0.319. The van der Waals surface area contributed by atoms with Gasteiger partial charge in [-0.05, 0) is 47.2 Å². The van der Waals surface area contributed by atoms with E-state index in [0.717, 1.165) is 23.8 Å². The topological polar surface area (TPSA) is 87.9 Å². The van der Waals surface area contributed by atoms with Crippen LogP contribution in [0.15, 0.2) is 52.9 Å². The van der Waals surface area contributed by atoms with E-state index in [1.165, 1.54) is 11.0 Å². The fraction of sp³-hybridized carbons (Fsp3) is 0.238. The first-order valence-electron chi connectivity index (χ1n) is 9.47. The van der Waals surface area contributed by atoms with E-state index in [0.29, 0.717) is 23.6 Å². The third-order valence-electron chi connectivity index (χ3n) is 4.69.